The van der Waals surface area contributed by atoms with E-state index < -0.39 is 17.8 Å². The van der Waals surface area contributed by atoms with E-state index in [0.29, 0.717) is 23.5 Å². The van der Waals surface area contributed by atoms with E-state index in [1.54, 1.807) is 50.6 Å². The van der Waals surface area contributed by atoms with Gasteiger partial charge in [-0.2, -0.15) is 0 Å². The number of benzene rings is 2. The fourth-order valence-corrected chi connectivity index (χ4v) is 2.98. The number of nitrogens with one attached hydrogen (secondary N) is 2. The van der Waals surface area contributed by atoms with E-state index in [2.05, 4.69) is 15.9 Å². The Morgan fingerprint density at radius 1 is 1.12 bits per heavy atom. The molecule has 1 aliphatic rings. The molecule has 2 N–H and O–H groups in total. The van der Waals surface area contributed by atoms with Crippen molar-refractivity contribution < 1.29 is 28.7 Å². The fourth-order valence-electron chi connectivity index (χ4n) is 2.98. The van der Waals surface area contributed by atoms with Gasteiger partial charge in [-0.15, -0.1) is 0 Å². The second-order valence-corrected chi connectivity index (χ2v) is 6.93. The summed E-state index contributed by atoms with van der Waals surface area (Å²) >= 11 is 0. The van der Waals surface area contributed by atoms with Crippen molar-refractivity contribution in [3.63, 3.8) is 0 Å². The second-order valence-electron chi connectivity index (χ2n) is 6.93. The standard InChI is InChI=1S/C23H24N4O6/c1-27-18(23(30)33-26-27)14-17(25-21(28)16-7-5-4-6-8-16)22(29)24-12-11-15-9-10-19(31-2)20(13-15)32-3/h4-10,13-14,26H,11-12H2,1-3H3,(H,24,29)/b18-14+,25-17?. The minimum atomic E-state index is -0.699. The van der Waals surface area contributed by atoms with Gasteiger partial charge in [-0.25, -0.2) is 9.79 Å². The molecule has 3 rings (SSSR count). The number of hydrogen-bond donors (Lipinski definition) is 2. The zero-order valence-electron chi connectivity index (χ0n) is 18.5. The van der Waals surface area contributed by atoms with Crippen molar-refractivity contribution >= 4 is 23.5 Å². The van der Waals surface area contributed by atoms with Crippen molar-refractivity contribution in [2.24, 2.45) is 4.99 Å². The maximum absolute atomic E-state index is 12.9. The molecule has 10 heteroatoms. The number of methoxy groups -OCH3 is 2. The number of likely N-dealkylation sites (N-methyl/N-ethyl adjacent to an activating group) is 1. The van der Waals surface area contributed by atoms with E-state index in [1.807, 2.05) is 12.1 Å². The minimum absolute atomic E-state index is 0.0321. The van der Waals surface area contributed by atoms with Crippen LogP contribution in [-0.4, -0.2) is 56.3 Å². The highest BCUT2D eigenvalue weighted by Gasteiger charge is 2.26. The van der Waals surface area contributed by atoms with Crippen molar-refractivity contribution in [2.45, 2.75) is 6.42 Å². The first-order valence-corrected chi connectivity index (χ1v) is 10.0. The summed E-state index contributed by atoms with van der Waals surface area (Å²) in [6.07, 6.45) is 1.70. The summed E-state index contributed by atoms with van der Waals surface area (Å²) in [7, 11) is 4.63. The molecule has 0 radical (unpaired) electrons. The van der Waals surface area contributed by atoms with Gasteiger partial charge < -0.3 is 19.6 Å². The number of hydrazine groups is 1. The molecule has 0 bridgehead atoms. The molecule has 33 heavy (non-hydrogen) atoms. The SMILES string of the molecule is COc1ccc(CCNC(=O)C(/C=C2\C(=O)ONN2C)=NC(=O)c2ccccc2)cc1OC. The molecule has 0 unspecified atom stereocenters. The van der Waals surface area contributed by atoms with Crippen LogP contribution in [0.1, 0.15) is 15.9 Å². The highest BCUT2D eigenvalue weighted by molar-refractivity contribution is 6.45. The molecule has 10 nitrogen and oxygen atoms in total. The number of rotatable bonds is 8. The summed E-state index contributed by atoms with van der Waals surface area (Å²) in [6.45, 7) is 0.259. The van der Waals surface area contributed by atoms with Crippen LogP contribution in [0.5, 0.6) is 11.5 Å². The molecule has 172 valence electrons. The number of carbonyl (C=O) groups excluding carboxylic acids is 3. The van der Waals surface area contributed by atoms with Crippen LogP contribution in [0.3, 0.4) is 0 Å². The molecule has 0 aliphatic carbocycles. The topological polar surface area (TPSA) is 119 Å². The Kier molecular flexibility index (Phi) is 7.77. The van der Waals surface area contributed by atoms with E-state index in [9.17, 15) is 14.4 Å². The van der Waals surface area contributed by atoms with Gasteiger partial charge in [0.25, 0.3) is 11.8 Å². The molecule has 0 atom stereocenters. The summed E-state index contributed by atoms with van der Waals surface area (Å²) in [6, 6.07) is 13.8. The predicted octanol–water partition coefficient (Wildman–Crippen LogP) is 1.44. The molecule has 2 amide bonds. The lowest BCUT2D eigenvalue weighted by Gasteiger charge is -2.11. The van der Waals surface area contributed by atoms with E-state index in [0.717, 1.165) is 5.56 Å². The first kappa shape index (κ1) is 23.5. The summed E-state index contributed by atoms with van der Waals surface area (Å²) in [5, 5.41) is 4.01. The minimum Gasteiger partial charge on any atom is -0.493 e. The van der Waals surface area contributed by atoms with Gasteiger partial charge in [0.05, 0.1) is 14.2 Å². The van der Waals surface area contributed by atoms with Gasteiger partial charge in [-0.05, 0) is 36.2 Å². The van der Waals surface area contributed by atoms with Gasteiger partial charge >= 0.3 is 5.97 Å². The average molecular weight is 452 g/mol. The number of carbonyl (C=O) groups is 3. The van der Waals surface area contributed by atoms with Gasteiger partial charge in [0, 0.05) is 25.2 Å². The summed E-state index contributed by atoms with van der Waals surface area (Å²) < 4.78 is 10.5. The van der Waals surface area contributed by atoms with Gasteiger partial charge in [0.1, 0.15) is 11.4 Å². The molecule has 0 saturated carbocycles. The van der Waals surface area contributed by atoms with Crippen LogP contribution in [0.4, 0.5) is 0 Å². The Bertz CT molecular complexity index is 1100. The third-order valence-corrected chi connectivity index (χ3v) is 4.74. The van der Waals surface area contributed by atoms with Crippen LogP contribution >= 0.6 is 0 Å². The Labute approximate surface area is 190 Å². The molecule has 1 heterocycles. The molecule has 2 aromatic rings. The third-order valence-electron chi connectivity index (χ3n) is 4.74. The van der Waals surface area contributed by atoms with Crippen LogP contribution in [0, 0.1) is 0 Å². The van der Waals surface area contributed by atoms with Gasteiger partial charge in [-0.1, -0.05) is 29.9 Å². The van der Waals surface area contributed by atoms with E-state index in [-0.39, 0.29) is 18.0 Å². The maximum atomic E-state index is 12.9. The van der Waals surface area contributed by atoms with Crippen molar-refractivity contribution in [1.82, 2.24) is 15.9 Å². The van der Waals surface area contributed by atoms with Crippen molar-refractivity contribution in [3.05, 3.63) is 71.4 Å². The van der Waals surface area contributed by atoms with Crippen LogP contribution in [0.15, 0.2) is 65.3 Å². The summed E-state index contributed by atoms with van der Waals surface area (Å²) in [5.74, 6) is -0.737. The summed E-state index contributed by atoms with van der Waals surface area (Å²) in [5.41, 5.74) is 3.39. The molecule has 1 aliphatic heterocycles. The fraction of sp³-hybridized carbons (Fsp3) is 0.217. The molecule has 2 aromatic carbocycles. The largest absolute Gasteiger partial charge is 0.493 e. The first-order valence-electron chi connectivity index (χ1n) is 10.0. The smallest absolute Gasteiger partial charge is 0.376 e. The van der Waals surface area contributed by atoms with E-state index in [1.165, 1.54) is 18.1 Å². The highest BCUT2D eigenvalue weighted by atomic mass is 16.7. The number of nitrogens with zero attached hydrogens (tertiary/aromatic N) is 2. The Balaban J connectivity index is 1.76. The lowest BCUT2D eigenvalue weighted by atomic mass is 10.1. The quantitative estimate of drug-likeness (QED) is 0.456. The lowest BCUT2D eigenvalue weighted by molar-refractivity contribution is -0.142. The molecule has 0 aromatic heterocycles. The van der Waals surface area contributed by atoms with Crippen LogP contribution < -0.4 is 20.4 Å². The van der Waals surface area contributed by atoms with Crippen LogP contribution in [0.25, 0.3) is 0 Å². The predicted molar refractivity (Wildman–Crippen MR) is 120 cm³/mol. The third kappa shape index (κ3) is 5.95. The first-order chi connectivity index (χ1) is 15.9. The Morgan fingerprint density at radius 2 is 1.85 bits per heavy atom. The van der Waals surface area contributed by atoms with Crippen molar-refractivity contribution in [2.75, 3.05) is 27.8 Å². The normalized spacial score (nSPS) is 14.8. The van der Waals surface area contributed by atoms with Crippen molar-refractivity contribution in [1.29, 1.82) is 0 Å². The summed E-state index contributed by atoms with van der Waals surface area (Å²) in [4.78, 5) is 46.0. The lowest BCUT2D eigenvalue weighted by Crippen LogP contribution is -2.33. The van der Waals surface area contributed by atoms with E-state index >= 15 is 0 Å². The zero-order chi connectivity index (χ0) is 23.8. The van der Waals surface area contributed by atoms with Crippen LogP contribution in [0.2, 0.25) is 0 Å². The Hall–Kier alpha value is -4.18. The molecular weight excluding hydrogens is 428 g/mol. The Morgan fingerprint density at radius 3 is 2.48 bits per heavy atom. The van der Waals surface area contributed by atoms with Gasteiger partial charge in [0.2, 0.25) is 0 Å². The second kappa shape index (κ2) is 10.9. The monoisotopic (exact) mass is 452 g/mol. The van der Waals surface area contributed by atoms with Gasteiger partial charge in [-0.3, -0.25) is 14.6 Å². The number of ether oxygens (including phenoxy) is 2. The molecule has 0 spiro atoms. The molecular formula is C23H24N4O6. The van der Waals surface area contributed by atoms with E-state index in [4.69, 9.17) is 14.3 Å². The highest BCUT2D eigenvalue weighted by Crippen LogP contribution is 2.27. The maximum Gasteiger partial charge on any atom is 0.376 e. The molecule has 1 fully saturated rings. The number of hydrogen-bond acceptors (Lipinski definition) is 8. The van der Waals surface area contributed by atoms with Crippen LogP contribution in [-0.2, 0) is 20.8 Å². The number of amides is 2. The molecule has 1 saturated heterocycles. The average Bonchev–Trinajstić information content (AvgIpc) is 3.15. The zero-order valence-corrected chi connectivity index (χ0v) is 18.5. The number of aliphatic imine (C=N–C) groups is 1. The van der Waals surface area contributed by atoms with Gasteiger partial charge in [0.15, 0.2) is 11.5 Å². The van der Waals surface area contributed by atoms with Crippen molar-refractivity contribution in [3.8, 4) is 11.5 Å².